The van der Waals surface area contributed by atoms with Crippen LogP contribution in [0.3, 0.4) is 0 Å². The Morgan fingerprint density at radius 2 is 2.09 bits per heavy atom. The van der Waals surface area contributed by atoms with Crippen LogP contribution in [-0.4, -0.2) is 30.6 Å². The Bertz CT molecular complexity index is 637. The lowest BCUT2D eigenvalue weighted by Crippen LogP contribution is -2.36. The molecule has 4 rings (SSSR count). The van der Waals surface area contributed by atoms with Crippen molar-refractivity contribution in [2.45, 2.75) is 57.5 Å². The summed E-state index contributed by atoms with van der Waals surface area (Å²) in [6.45, 7) is 1.81. The molecule has 2 fully saturated rings. The minimum absolute atomic E-state index is 0.258. The maximum Gasteiger partial charge on any atom is 0.337 e. The number of carbonyl (C=O) groups is 1. The normalized spacial score (nSPS) is 25.9. The van der Waals surface area contributed by atoms with Gasteiger partial charge < -0.3 is 4.74 Å². The second-order valence-corrected chi connectivity index (χ2v) is 7.62. The van der Waals surface area contributed by atoms with Crippen LogP contribution in [0, 0.1) is 11.2 Å². The van der Waals surface area contributed by atoms with E-state index in [0.29, 0.717) is 23.6 Å². The summed E-state index contributed by atoms with van der Waals surface area (Å²) in [5, 5.41) is 0. The molecule has 2 heterocycles. The Morgan fingerprint density at radius 3 is 2.83 bits per heavy atom. The molecule has 1 aromatic rings. The van der Waals surface area contributed by atoms with Gasteiger partial charge in [-0.15, -0.1) is 0 Å². The lowest BCUT2D eigenvalue weighted by Gasteiger charge is -2.33. The smallest absolute Gasteiger partial charge is 0.337 e. The molecular weight excluding hydrogens is 293 g/mol. The summed E-state index contributed by atoms with van der Waals surface area (Å²) in [7, 11) is 1.34. The fourth-order valence-electron chi connectivity index (χ4n) is 5.05. The van der Waals surface area contributed by atoms with Crippen LogP contribution in [0.15, 0.2) is 12.1 Å². The summed E-state index contributed by atoms with van der Waals surface area (Å²) in [5.74, 6) is -0.713. The number of carbonyl (C=O) groups excluding carboxylic acids is 1. The highest BCUT2D eigenvalue weighted by Gasteiger charge is 2.46. The number of hydrogen-bond donors (Lipinski definition) is 0. The van der Waals surface area contributed by atoms with Crippen molar-refractivity contribution in [2.75, 3.05) is 13.7 Å². The van der Waals surface area contributed by atoms with E-state index in [1.807, 2.05) is 6.07 Å². The molecule has 0 radical (unpaired) electrons. The molecule has 0 bridgehead atoms. The average Bonchev–Trinajstić information content (AvgIpc) is 2.89. The molecule has 1 atom stereocenters. The maximum absolute atomic E-state index is 14.5. The van der Waals surface area contributed by atoms with E-state index in [1.54, 1.807) is 0 Å². The molecule has 23 heavy (non-hydrogen) atoms. The van der Waals surface area contributed by atoms with Gasteiger partial charge in [0, 0.05) is 24.7 Å². The molecule has 1 aliphatic carbocycles. The third-order valence-corrected chi connectivity index (χ3v) is 6.16. The predicted molar refractivity (Wildman–Crippen MR) is 85.8 cm³/mol. The first-order valence-corrected chi connectivity index (χ1v) is 8.74. The van der Waals surface area contributed by atoms with E-state index in [9.17, 15) is 9.18 Å². The Kier molecular flexibility index (Phi) is 3.67. The number of esters is 1. The number of nitrogens with zero attached hydrogens (tertiary/aromatic N) is 1. The molecule has 1 saturated heterocycles. The van der Waals surface area contributed by atoms with E-state index in [-0.39, 0.29) is 5.82 Å². The topological polar surface area (TPSA) is 29.5 Å². The van der Waals surface area contributed by atoms with Gasteiger partial charge in [-0.1, -0.05) is 19.3 Å². The van der Waals surface area contributed by atoms with Crippen molar-refractivity contribution < 1.29 is 13.9 Å². The van der Waals surface area contributed by atoms with Crippen LogP contribution in [-0.2, 0) is 17.7 Å². The van der Waals surface area contributed by atoms with Gasteiger partial charge in [-0.3, -0.25) is 4.90 Å². The zero-order chi connectivity index (χ0) is 16.0. The summed E-state index contributed by atoms with van der Waals surface area (Å²) < 4.78 is 19.2. The van der Waals surface area contributed by atoms with E-state index in [0.717, 1.165) is 24.1 Å². The van der Waals surface area contributed by atoms with Crippen molar-refractivity contribution in [1.29, 1.82) is 0 Å². The Labute approximate surface area is 136 Å². The van der Waals surface area contributed by atoms with Gasteiger partial charge in [0.2, 0.25) is 0 Å². The van der Waals surface area contributed by atoms with E-state index in [4.69, 9.17) is 4.74 Å². The number of rotatable bonds is 1. The molecule has 2 aliphatic heterocycles. The molecule has 1 spiro atoms. The van der Waals surface area contributed by atoms with Gasteiger partial charge in [-0.2, -0.15) is 0 Å². The molecule has 3 nitrogen and oxygen atoms in total. The monoisotopic (exact) mass is 317 g/mol. The highest BCUT2D eigenvalue weighted by atomic mass is 19.1. The van der Waals surface area contributed by atoms with Crippen LogP contribution >= 0.6 is 0 Å². The molecule has 3 aliphatic rings. The standard InChI is InChI=1S/C19H24FNO2/c1-23-18(22)14-7-13-8-15-10-19(5-3-2-4-6-19)12-21(15)11-16(13)17(20)9-14/h7,9,15H,2-6,8,10-12H2,1H3/t15-/m0/s1. The van der Waals surface area contributed by atoms with Crippen LogP contribution in [0.2, 0.25) is 0 Å². The van der Waals surface area contributed by atoms with Crippen LogP contribution in [0.1, 0.15) is 60.0 Å². The van der Waals surface area contributed by atoms with Crippen molar-refractivity contribution in [1.82, 2.24) is 4.90 Å². The number of ether oxygens (including phenoxy) is 1. The van der Waals surface area contributed by atoms with Gasteiger partial charge in [-0.25, -0.2) is 9.18 Å². The molecule has 0 aromatic heterocycles. The van der Waals surface area contributed by atoms with Gasteiger partial charge in [-0.05, 0) is 48.8 Å². The summed E-state index contributed by atoms with van der Waals surface area (Å²) in [6.07, 6.45) is 8.79. The minimum atomic E-state index is -0.454. The minimum Gasteiger partial charge on any atom is -0.465 e. The van der Waals surface area contributed by atoms with E-state index >= 15 is 0 Å². The van der Waals surface area contributed by atoms with Gasteiger partial charge in [0.15, 0.2) is 0 Å². The van der Waals surface area contributed by atoms with Gasteiger partial charge in [0.1, 0.15) is 5.82 Å². The molecule has 124 valence electrons. The number of methoxy groups -OCH3 is 1. The molecule has 0 unspecified atom stereocenters. The predicted octanol–water partition coefficient (Wildman–Crippen LogP) is 3.69. The molecule has 1 saturated carbocycles. The maximum atomic E-state index is 14.5. The van der Waals surface area contributed by atoms with Crippen molar-refractivity contribution in [3.05, 3.63) is 34.6 Å². The molecule has 0 amide bonds. The summed E-state index contributed by atoms with van der Waals surface area (Å²) in [5.41, 5.74) is 2.58. The summed E-state index contributed by atoms with van der Waals surface area (Å²) in [4.78, 5) is 14.2. The first-order chi connectivity index (χ1) is 11.1. The number of halogens is 1. The van der Waals surface area contributed by atoms with Crippen molar-refractivity contribution >= 4 is 5.97 Å². The van der Waals surface area contributed by atoms with Gasteiger partial charge in [0.25, 0.3) is 0 Å². The van der Waals surface area contributed by atoms with Crippen molar-refractivity contribution in [3.63, 3.8) is 0 Å². The first kappa shape index (κ1) is 15.1. The number of hydrogen-bond acceptors (Lipinski definition) is 3. The van der Waals surface area contributed by atoms with Crippen LogP contribution < -0.4 is 0 Å². The van der Waals surface area contributed by atoms with Crippen molar-refractivity contribution in [3.8, 4) is 0 Å². The first-order valence-electron chi connectivity index (χ1n) is 8.74. The number of benzene rings is 1. The van der Waals surface area contributed by atoms with Crippen LogP contribution in [0.25, 0.3) is 0 Å². The van der Waals surface area contributed by atoms with Crippen molar-refractivity contribution in [2.24, 2.45) is 5.41 Å². The second kappa shape index (κ2) is 5.59. The molecule has 0 N–H and O–H groups in total. The Balaban J connectivity index is 1.61. The van der Waals surface area contributed by atoms with E-state index < -0.39 is 5.97 Å². The molecular formula is C19H24FNO2. The van der Waals surface area contributed by atoms with Gasteiger partial charge >= 0.3 is 5.97 Å². The third kappa shape index (κ3) is 2.57. The van der Waals surface area contributed by atoms with Crippen LogP contribution in [0.5, 0.6) is 0 Å². The highest BCUT2D eigenvalue weighted by molar-refractivity contribution is 5.89. The fourth-order valence-corrected chi connectivity index (χ4v) is 5.05. The highest BCUT2D eigenvalue weighted by Crippen LogP contribution is 2.48. The fraction of sp³-hybridized carbons (Fsp3) is 0.632. The Morgan fingerprint density at radius 1 is 1.30 bits per heavy atom. The SMILES string of the molecule is COC(=O)c1cc(F)c2c(c1)C[C@H]1CC3(CCCCC3)CN1C2. The van der Waals surface area contributed by atoms with Gasteiger partial charge in [0.05, 0.1) is 12.7 Å². The third-order valence-electron chi connectivity index (χ3n) is 6.16. The summed E-state index contributed by atoms with van der Waals surface area (Å²) >= 11 is 0. The Hall–Kier alpha value is -1.42. The zero-order valence-electron chi connectivity index (χ0n) is 13.7. The summed E-state index contributed by atoms with van der Waals surface area (Å²) in [6, 6.07) is 3.68. The average molecular weight is 317 g/mol. The van der Waals surface area contributed by atoms with E-state index in [2.05, 4.69) is 4.90 Å². The number of fused-ring (bicyclic) bond motifs is 2. The molecule has 1 aromatic carbocycles. The lowest BCUT2D eigenvalue weighted by molar-refractivity contribution is 0.0599. The zero-order valence-corrected chi connectivity index (χ0v) is 13.7. The lowest BCUT2D eigenvalue weighted by atomic mass is 9.72. The largest absolute Gasteiger partial charge is 0.465 e. The van der Waals surface area contributed by atoms with Crippen LogP contribution in [0.4, 0.5) is 4.39 Å². The van der Waals surface area contributed by atoms with E-state index in [1.165, 1.54) is 51.7 Å². The second-order valence-electron chi connectivity index (χ2n) is 7.62. The quantitative estimate of drug-likeness (QED) is 0.740. The molecule has 4 heteroatoms.